The molecule has 1 amide bonds. The van der Waals surface area contributed by atoms with Gasteiger partial charge in [0.05, 0.1) is 17.6 Å². The molecule has 5 rings (SSSR count). The first kappa shape index (κ1) is 20.7. The van der Waals surface area contributed by atoms with Crippen molar-refractivity contribution in [2.45, 2.75) is 13.1 Å². The quantitative estimate of drug-likeness (QED) is 0.420. The highest BCUT2D eigenvalue weighted by Gasteiger charge is 2.19. The number of anilines is 1. The zero-order valence-corrected chi connectivity index (χ0v) is 18.1. The fourth-order valence-corrected chi connectivity index (χ4v) is 4.06. The SMILES string of the molecule is COCCn1c2ccccc2n2c(=O)n(CC(=O)Nc3ccccc3-c3ccccc3)nc12. The van der Waals surface area contributed by atoms with Gasteiger partial charge < -0.3 is 14.6 Å². The van der Waals surface area contributed by atoms with Crippen LogP contribution in [0.2, 0.25) is 0 Å². The number of carbonyl (C=O) groups is 1. The van der Waals surface area contributed by atoms with Crippen LogP contribution in [-0.2, 0) is 22.6 Å². The summed E-state index contributed by atoms with van der Waals surface area (Å²) in [5, 5.41) is 7.41. The molecular formula is C25H23N5O3. The number of hydrogen-bond donors (Lipinski definition) is 1. The number of para-hydroxylation sites is 3. The van der Waals surface area contributed by atoms with Gasteiger partial charge in [0.1, 0.15) is 6.54 Å². The highest BCUT2D eigenvalue weighted by Crippen LogP contribution is 2.27. The Hall–Kier alpha value is -4.17. The van der Waals surface area contributed by atoms with Crippen molar-refractivity contribution < 1.29 is 9.53 Å². The van der Waals surface area contributed by atoms with Gasteiger partial charge in [-0.05, 0) is 23.8 Å². The Morgan fingerprint density at radius 2 is 1.64 bits per heavy atom. The number of rotatable bonds is 7. The minimum Gasteiger partial charge on any atom is -0.383 e. The van der Waals surface area contributed by atoms with Gasteiger partial charge in [-0.3, -0.25) is 4.79 Å². The molecule has 8 nitrogen and oxygen atoms in total. The van der Waals surface area contributed by atoms with Gasteiger partial charge in [-0.15, -0.1) is 5.10 Å². The molecule has 166 valence electrons. The first-order chi connectivity index (χ1) is 16.2. The smallest absolute Gasteiger partial charge is 0.352 e. The number of carbonyl (C=O) groups excluding carboxylic acids is 1. The van der Waals surface area contributed by atoms with Gasteiger partial charge in [0.25, 0.3) is 0 Å². The third-order valence-electron chi connectivity index (χ3n) is 5.58. The molecule has 1 N–H and O–H groups in total. The summed E-state index contributed by atoms with van der Waals surface area (Å²) in [6.45, 7) is 0.828. The molecule has 3 aromatic carbocycles. The summed E-state index contributed by atoms with van der Waals surface area (Å²) >= 11 is 0. The van der Waals surface area contributed by atoms with Crippen LogP contribution in [-0.4, -0.2) is 38.4 Å². The standard InChI is InChI=1S/C25H23N5O3/c1-33-16-15-28-21-13-7-8-14-22(21)30-24(28)27-29(25(30)32)17-23(31)26-20-12-6-5-11-19(20)18-9-3-2-4-10-18/h2-14H,15-17H2,1H3,(H,26,31). The van der Waals surface area contributed by atoms with Crippen LogP contribution in [0.4, 0.5) is 5.69 Å². The van der Waals surface area contributed by atoms with E-state index in [0.29, 0.717) is 24.6 Å². The first-order valence-corrected chi connectivity index (χ1v) is 10.7. The number of aromatic nitrogens is 4. The third kappa shape index (κ3) is 3.81. The van der Waals surface area contributed by atoms with Gasteiger partial charge in [0.2, 0.25) is 11.7 Å². The van der Waals surface area contributed by atoms with E-state index in [1.807, 2.05) is 83.4 Å². The summed E-state index contributed by atoms with van der Waals surface area (Å²) < 4.78 is 9.89. The zero-order valence-electron chi connectivity index (χ0n) is 18.1. The molecule has 2 heterocycles. The van der Waals surface area contributed by atoms with E-state index in [9.17, 15) is 9.59 Å². The third-order valence-corrected chi connectivity index (χ3v) is 5.58. The van der Waals surface area contributed by atoms with Gasteiger partial charge in [0, 0.05) is 24.9 Å². The van der Waals surface area contributed by atoms with Crippen LogP contribution >= 0.6 is 0 Å². The van der Waals surface area contributed by atoms with Crippen LogP contribution in [0.3, 0.4) is 0 Å². The van der Waals surface area contributed by atoms with E-state index < -0.39 is 0 Å². The van der Waals surface area contributed by atoms with Gasteiger partial charge in [-0.25, -0.2) is 13.9 Å². The average Bonchev–Trinajstić information content (AvgIpc) is 3.32. The van der Waals surface area contributed by atoms with Crippen molar-refractivity contribution in [2.75, 3.05) is 19.0 Å². The number of ether oxygens (including phenoxy) is 1. The van der Waals surface area contributed by atoms with Gasteiger partial charge in [0.15, 0.2) is 0 Å². The van der Waals surface area contributed by atoms with E-state index in [0.717, 1.165) is 22.2 Å². The lowest BCUT2D eigenvalue weighted by Gasteiger charge is -2.11. The number of nitrogens with zero attached hydrogens (tertiary/aromatic N) is 4. The monoisotopic (exact) mass is 441 g/mol. The summed E-state index contributed by atoms with van der Waals surface area (Å²) in [7, 11) is 1.63. The number of fused-ring (bicyclic) bond motifs is 3. The second-order valence-electron chi connectivity index (χ2n) is 7.67. The van der Waals surface area contributed by atoms with Crippen molar-refractivity contribution in [3.05, 3.63) is 89.3 Å². The Morgan fingerprint density at radius 1 is 0.939 bits per heavy atom. The van der Waals surface area contributed by atoms with Crippen molar-refractivity contribution in [3.8, 4) is 11.1 Å². The lowest BCUT2D eigenvalue weighted by Crippen LogP contribution is -2.28. The average molecular weight is 441 g/mol. The lowest BCUT2D eigenvalue weighted by atomic mass is 10.0. The van der Waals surface area contributed by atoms with Gasteiger partial charge in [-0.1, -0.05) is 60.7 Å². The molecule has 0 aliphatic heterocycles. The molecule has 0 aliphatic carbocycles. The number of methoxy groups -OCH3 is 1. The molecule has 33 heavy (non-hydrogen) atoms. The van der Waals surface area contributed by atoms with Crippen LogP contribution in [0.5, 0.6) is 0 Å². The van der Waals surface area contributed by atoms with E-state index in [1.165, 1.54) is 9.08 Å². The molecule has 0 saturated heterocycles. The van der Waals surface area contributed by atoms with Crippen LogP contribution in [0.15, 0.2) is 83.7 Å². The number of nitrogens with one attached hydrogen (secondary N) is 1. The van der Waals surface area contributed by atoms with Gasteiger partial charge in [-0.2, -0.15) is 0 Å². The predicted octanol–water partition coefficient (Wildman–Crippen LogP) is 3.40. The van der Waals surface area contributed by atoms with E-state index in [-0.39, 0.29) is 18.1 Å². The molecule has 0 spiro atoms. The molecule has 0 bridgehead atoms. The summed E-state index contributed by atoms with van der Waals surface area (Å²) in [4.78, 5) is 26.0. The predicted molar refractivity (Wildman–Crippen MR) is 127 cm³/mol. The second kappa shape index (κ2) is 8.76. The normalized spacial score (nSPS) is 11.3. The van der Waals surface area contributed by atoms with Crippen molar-refractivity contribution >= 4 is 28.4 Å². The van der Waals surface area contributed by atoms with Crippen LogP contribution in [0.25, 0.3) is 27.9 Å². The Kier molecular flexibility index (Phi) is 5.50. The zero-order chi connectivity index (χ0) is 22.8. The summed E-state index contributed by atoms with van der Waals surface area (Å²) in [5.41, 5.74) is 3.87. The first-order valence-electron chi connectivity index (χ1n) is 10.7. The van der Waals surface area contributed by atoms with Crippen molar-refractivity contribution in [1.82, 2.24) is 18.7 Å². The largest absolute Gasteiger partial charge is 0.383 e. The lowest BCUT2D eigenvalue weighted by molar-refractivity contribution is -0.117. The molecule has 0 unspecified atom stereocenters. The highest BCUT2D eigenvalue weighted by molar-refractivity contribution is 5.95. The maximum atomic E-state index is 13.1. The van der Waals surface area contributed by atoms with Crippen molar-refractivity contribution in [3.63, 3.8) is 0 Å². The summed E-state index contributed by atoms with van der Waals surface area (Å²) in [6.07, 6.45) is 0. The fourth-order valence-electron chi connectivity index (χ4n) is 4.06. The Morgan fingerprint density at radius 3 is 2.42 bits per heavy atom. The maximum Gasteiger partial charge on any atom is 0.352 e. The summed E-state index contributed by atoms with van der Waals surface area (Å²) in [5.74, 6) is 0.157. The molecule has 0 saturated carbocycles. The second-order valence-corrected chi connectivity index (χ2v) is 7.67. The van der Waals surface area contributed by atoms with Crippen LogP contribution < -0.4 is 11.0 Å². The Bertz CT molecular complexity index is 1500. The van der Waals surface area contributed by atoms with E-state index in [2.05, 4.69) is 10.4 Å². The van der Waals surface area contributed by atoms with E-state index in [4.69, 9.17) is 4.74 Å². The number of benzene rings is 3. The Balaban J connectivity index is 1.47. The van der Waals surface area contributed by atoms with Crippen molar-refractivity contribution in [1.29, 1.82) is 0 Å². The summed E-state index contributed by atoms with van der Waals surface area (Å²) in [6, 6.07) is 25.0. The molecule has 0 atom stereocenters. The molecule has 5 aromatic rings. The molecule has 8 heteroatoms. The maximum absolute atomic E-state index is 13.1. The van der Waals surface area contributed by atoms with E-state index in [1.54, 1.807) is 7.11 Å². The van der Waals surface area contributed by atoms with Gasteiger partial charge >= 0.3 is 5.69 Å². The number of imidazole rings is 1. The minimum absolute atomic E-state index is 0.192. The Labute approximate surface area is 189 Å². The van der Waals surface area contributed by atoms with Crippen LogP contribution in [0, 0.1) is 0 Å². The fraction of sp³-hybridized carbons (Fsp3) is 0.160. The van der Waals surface area contributed by atoms with E-state index >= 15 is 0 Å². The molecule has 2 aromatic heterocycles. The number of hydrogen-bond acceptors (Lipinski definition) is 4. The molecule has 0 fully saturated rings. The minimum atomic E-state index is -0.358. The molecule has 0 aliphatic rings. The molecular weight excluding hydrogens is 418 g/mol. The van der Waals surface area contributed by atoms with Crippen LogP contribution in [0.1, 0.15) is 0 Å². The number of amides is 1. The molecule has 0 radical (unpaired) electrons. The topological polar surface area (TPSA) is 82.6 Å². The van der Waals surface area contributed by atoms with Crippen molar-refractivity contribution in [2.24, 2.45) is 0 Å². The highest BCUT2D eigenvalue weighted by atomic mass is 16.5.